The third kappa shape index (κ3) is 5.52. The monoisotopic (exact) mass is 541 g/mol. The second kappa shape index (κ2) is 11.1. The summed E-state index contributed by atoms with van der Waals surface area (Å²) in [6, 6.07) is 2.28. The lowest BCUT2D eigenvalue weighted by molar-refractivity contribution is -0.138. The lowest BCUT2D eigenvalue weighted by atomic mass is 10.0. The van der Waals surface area contributed by atoms with Crippen molar-refractivity contribution >= 4 is 22.8 Å². The molecule has 3 N–H and O–H groups in total. The zero-order chi connectivity index (χ0) is 27.7. The number of fused-ring (bicyclic) bond motifs is 1. The molecule has 1 saturated heterocycles. The number of ether oxygens (including phenoxy) is 3. The molecule has 3 heterocycles. The Balaban J connectivity index is 1.43. The first-order chi connectivity index (χ1) is 18.8. The average Bonchev–Trinajstić information content (AvgIpc) is 3.68. The van der Waals surface area contributed by atoms with E-state index in [4.69, 9.17) is 14.2 Å². The summed E-state index contributed by atoms with van der Waals surface area (Å²) in [5, 5.41) is 13.5. The van der Waals surface area contributed by atoms with Crippen molar-refractivity contribution in [1.29, 1.82) is 0 Å². The molecule has 39 heavy (non-hydrogen) atoms. The molecule has 2 fully saturated rings. The highest BCUT2D eigenvalue weighted by Crippen LogP contribution is 2.39. The standard InChI is InChI=1S/C27H32FN5O6/c1-14-23(27(36)32-18-6-7-33(10-19(18)34)22(35)12-37-2)25-26(31-14)24(29-13-30-25)16-8-21(38-3)17(28)9-20(16)39-11-15-4-5-15/h8-9,13,15,18-19,31,34H,4-7,10-12H2,1-3H3,(H,32,36)/t18-,19+/m1/s1. The first kappa shape index (κ1) is 26.8. The van der Waals surface area contributed by atoms with Crippen LogP contribution in [0.25, 0.3) is 22.3 Å². The fourth-order valence-electron chi connectivity index (χ4n) is 4.87. The minimum absolute atomic E-state index is 0.0427. The molecule has 3 aromatic rings. The van der Waals surface area contributed by atoms with Crippen molar-refractivity contribution in [2.24, 2.45) is 5.92 Å². The van der Waals surface area contributed by atoms with Crippen LogP contribution in [-0.2, 0) is 9.53 Å². The van der Waals surface area contributed by atoms with Crippen molar-refractivity contribution in [3.05, 3.63) is 35.5 Å². The number of halogens is 1. The number of carbonyl (C=O) groups is 2. The smallest absolute Gasteiger partial charge is 0.255 e. The van der Waals surface area contributed by atoms with Crippen LogP contribution in [0.1, 0.15) is 35.3 Å². The number of rotatable bonds is 9. The molecule has 2 atom stereocenters. The number of likely N-dealkylation sites (tertiary alicyclic amines) is 1. The van der Waals surface area contributed by atoms with Crippen LogP contribution in [-0.4, -0.2) is 89.4 Å². The molecule has 2 amide bonds. The van der Waals surface area contributed by atoms with E-state index in [-0.39, 0.29) is 24.8 Å². The van der Waals surface area contributed by atoms with Gasteiger partial charge in [-0.3, -0.25) is 9.59 Å². The van der Waals surface area contributed by atoms with E-state index in [9.17, 15) is 19.1 Å². The van der Waals surface area contributed by atoms with Gasteiger partial charge >= 0.3 is 0 Å². The van der Waals surface area contributed by atoms with E-state index >= 15 is 0 Å². The molecule has 1 aromatic carbocycles. The Morgan fingerprint density at radius 3 is 2.69 bits per heavy atom. The van der Waals surface area contributed by atoms with E-state index in [1.165, 1.54) is 37.6 Å². The van der Waals surface area contributed by atoms with Crippen LogP contribution in [0.2, 0.25) is 0 Å². The molecule has 12 heteroatoms. The van der Waals surface area contributed by atoms with Gasteiger partial charge in [-0.2, -0.15) is 0 Å². The summed E-state index contributed by atoms with van der Waals surface area (Å²) in [5.74, 6) is -0.343. The Bertz CT molecular complexity index is 1390. The van der Waals surface area contributed by atoms with E-state index in [2.05, 4.69) is 20.3 Å². The molecule has 208 valence electrons. The maximum Gasteiger partial charge on any atom is 0.255 e. The van der Waals surface area contributed by atoms with E-state index in [0.717, 1.165) is 12.8 Å². The van der Waals surface area contributed by atoms with Gasteiger partial charge in [-0.05, 0) is 38.2 Å². The third-order valence-corrected chi connectivity index (χ3v) is 7.20. The van der Waals surface area contributed by atoms with Gasteiger partial charge in [-0.15, -0.1) is 0 Å². The van der Waals surface area contributed by atoms with E-state index < -0.39 is 23.9 Å². The van der Waals surface area contributed by atoms with Crippen molar-refractivity contribution in [3.63, 3.8) is 0 Å². The van der Waals surface area contributed by atoms with Crippen LogP contribution < -0.4 is 14.8 Å². The molecular formula is C27H32FN5O6. The van der Waals surface area contributed by atoms with E-state index in [0.29, 0.717) is 64.8 Å². The predicted molar refractivity (Wildman–Crippen MR) is 139 cm³/mol. The minimum atomic E-state index is -0.933. The van der Waals surface area contributed by atoms with Gasteiger partial charge in [0.1, 0.15) is 29.9 Å². The number of methoxy groups -OCH3 is 2. The SMILES string of the molecule is COCC(=O)N1CC[C@@H](NC(=O)c2c(C)[nH]c3c(-c4cc(OC)c(F)cc4OCC4CC4)ncnc23)[C@@H](O)C1. The van der Waals surface area contributed by atoms with Gasteiger partial charge in [-0.1, -0.05) is 0 Å². The molecule has 11 nitrogen and oxygen atoms in total. The number of aryl methyl sites for hydroxylation is 1. The minimum Gasteiger partial charge on any atom is -0.494 e. The highest BCUT2D eigenvalue weighted by atomic mass is 19.1. The zero-order valence-corrected chi connectivity index (χ0v) is 22.1. The fourth-order valence-corrected chi connectivity index (χ4v) is 4.87. The number of β-amino-alcohol motifs (C(OH)–C–C–N with tert-alkyl or cyclic N) is 1. The molecule has 0 unspecified atom stereocenters. The lowest BCUT2D eigenvalue weighted by Crippen LogP contribution is -2.55. The molecule has 2 aromatic heterocycles. The maximum atomic E-state index is 14.6. The van der Waals surface area contributed by atoms with Gasteiger partial charge in [0.25, 0.3) is 5.91 Å². The molecule has 1 aliphatic heterocycles. The topological polar surface area (TPSA) is 139 Å². The summed E-state index contributed by atoms with van der Waals surface area (Å²) >= 11 is 0. The number of aliphatic hydroxyl groups is 1. The van der Waals surface area contributed by atoms with Gasteiger partial charge in [0.15, 0.2) is 11.6 Å². The number of benzene rings is 1. The maximum absolute atomic E-state index is 14.6. The highest BCUT2D eigenvalue weighted by Gasteiger charge is 2.33. The number of aromatic amines is 1. The molecule has 0 bridgehead atoms. The largest absolute Gasteiger partial charge is 0.494 e. The quantitative estimate of drug-likeness (QED) is 0.375. The average molecular weight is 542 g/mol. The van der Waals surface area contributed by atoms with Crippen molar-refractivity contribution in [1.82, 2.24) is 25.2 Å². The lowest BCUT2D eigenvalue weighted by Gasteiger charge is -2.36. The number of carbonyl (C=O) groups excluding carboxylic acids is 2. The molecule has 2 aliphatic rings. The second-order valence-electron chi connectivity index (χ2n) is 10.0. The number of aliphatic hydroxyl groups excluding tert-OH is 1. The predicted octanol–water partition coefficient (Wildman–Crippen LogP) is 2.21. The van der Waals surface area contributed by atoms with Crippen LogP contribution in [0, 0.1) is 18.7 Å². The van der Waals surface area contributed by atoms with Crippen molar-refractivity contribution < 1.29 is 33.3 Å². The fraction of sp³-hybridized carbons (Fsp3) is 0.481. The summed E-state index contributed by atoms with van der Waals surface area (Å²) in [7, 11) is 2.82. The molecule has 1 aliphatic carbocycles. The third-order valence-electron chi connectivity index (χ3n) is 7.20. The van der Waals surface area contributed by atoms with Gasteiger partial charge in [0, 0.05) is 37.5 Å². The summed E-state index contributed by atoms with van der Waals surface area (Å²) in [6.45, 7) is 2.65. The van der Waals surface area contributed by atoms with Gasteiger partial charge in [-0.25, -0.2) is 14.4 Å². The van der Waals surface area contributed by atoms with Crippen LogP contribution in [0.4, 0.5) is 4.39 Å². The first-order valence-electron chi connectivity index (χ1n) is 12.9. The Kier molecular flexibility index (Phi) is 7.67. The summed E-state index contributed by atoms with van der Waals surface area (Å²) < 4.78 is 30.7. The Hall–Kier alpha value is -3.77. The summed E-state index contributed by atoms with van der Waals surface area (Å²) in [6.07, 6.45) is 2.96. The van der Waals surface area contributed by atoms with Crippen LogP contribution in [0.5, 0.6) is 11.5 Å². The molecule has 0 spiro atoms. The number of nitrogens with zero attached hydrogens (tertiary/aromatic N) is 3. The van der Waals surface area contributed by atoms with Crippen LogP contribution in [0.15, 0.2) is 18.5 Å². The number of aromatic nitrogens is 3. The summed E-state index contributed by atoms with van der Waals surface area (Å²) in [4.78, 5) is 39.1. The number of hydrogen-bond donors (Lipinski definition) is 3. The number of nitrogens with one attached hydrogen (secondary N) is 2. The number of amides is 2. The summed E-state index contributed by atoms with van der Waals surface area (Å²) in [5.41, 5.74) is 2.70. The Morgan fingerprint density at radius 1 is 1.21 bits per heavy atom. The Morgan fingerprint density at radius 2 is 2.00 bits per heavy atom. The normalized spacial score (nSPS) is 19.3. The molecule has 5 rings (SSSR count). The van der Waals surface area contributed by atoms with Gasteiger partial charge < -0.3 is 34.5 Å². The molecular weight excluding hydrogens is 509 g/mol. The second-order valence-corrected chi connectivity index (χ2v) is 10.0. The number of hydrogen-bond acceptors (Lipinski definition) is 8. The first-order valence-corrected chi connectivity index (χ1v) is 12.9. The van der Waals surface area contributed by atoms with Crippen molar-refractivity contribution in [3.8, 4) is 22.8 Å². The van der Waals surface area contributed by atoms with Gasteiger partial charge in [0.2, 0.25) is 5.91 Å². The van der Waals surface area contributed by atoms with E-state index in [1.54, 1.807) is 6.92 Å². The van der Waals surface area contributed by atoms with Crippen LogP contribution >= 0.6 is 0 Å². The number of piperidine rings is 1. The molecule has 0 radical (unpaired) electrons. The molecule has 1 saturated carbocycles. The van der Waals surface area contributed by atoms with Crippen molar-refractivity contribution in [2.75, 3.05) is 40.5 Å². The van der Waals surface area contributed by atoms with E-state index in [1.807, 2.05) is 0 Å². The highest BCUT2D eigenvalue weighted by molar-refractivity contribution is 6.09. The van der Waals surface area contributed by atoms with Gasteiger partial charge in [0.05, 0.1) is 36.9 Å². The zero-order valence-electron chi connectivity index (χ0n) is 22.1. The van der Waals surface area contributed by atoms with Crippen LogP contribution in [0.3, 0.4) is 0 Å². The Labute approximate surface area is 224 Å². The number of H-pyrrole nitrogens is 1. The van der Waals surface area contributed by atoms with Crippen molar-refractivity contribution in [2.45, 2.75) is 38.3 Å².